The first-order valence-electron chi connectivity index (χ1n) is 6.73. The molecule has 0 spiro atoms. The second-order valence-electron chi connectivity index (χ2n) is 5.03. The van der Waals surface area contributed by atoms with E-state index in [1.54, 1.807) is 0 Å². The average molecular weight is 261 g/mol. The number of benzene rings is 1. The molecule has 1 aliphatic heterocycles. The van der Waals surface area contributed by atoms with Crippen molar-refractivity contribution in [3.05, 3.63) is 35.9 Å². The van der Waals surface area contributed by atoms with Crippen molar-refractivity contribution in [2.75, 3.05) is 13.1 Å². The fourth-order valence-electron chi connectivity index (χ4n) is 2.52. The molecule has 1 fully saturated rings. The minimum atomic E-state index is -0.734. The van der Waals surface area contributed by atoms with E-state index in [4.69, 9.17) is 5.11 Å². The summed E-state index contributed by atoms with van der Waals surface area (Å²) in [5, 5.41) is 8.67. The summed E-state index contributed by atoms with van der Waals surface area (Å²) >= 11 is 0. The Morgan fingerprint density at radius 1 is 1.16 bits per heavy atom. The highest BCUT2D eigenvalue weighted by atomic mass is 16.4. The maximum atomic E-state index is 12.2. The molecule has 0 aromatic heterocycles. The van der Waals surface area contributed by atoms with Crippen molar-refractivity contribution in [2.24, 2.45) is 5.92 Å². The van der Waals surface area contributed by atoms with Crippen LogP contribution in [0.15, 0.2) is 30.3 Å². The van der Waals surface area contributed by atoms with E-state index in [1.807, 2.05) is 35.2 Å². The predicted octanol–water partition coefficient (Wildman–Crippen LogP) is 2.40. The van der Waals surface area contributed by atoms with Gasteiger partial charge in [-0.3, -0.25) is 9.59 Å². The van der Waals surface area contributed by atoms with Crippen molar-refractivity contribution in [1.82, 2.24) is 4.90 Å². The third-order valence-corrected chi connectivity index (χ3v) is 3.69. The molecule has 0 atom stereocenters. The number of carbonyl (C=O) groups excluding carboxylic acids is 1. The average Bonchev–Trinajstić information content (AvgIpc) is 2.46. The van der Waals surface area contributed by atoms with E-state index in [2.05, 4.69) is 0 Å². The third kappa shape index (κ3) is 3.81. The molecule has 4 nitrogen and oxygen atoms in total. The van der Waals surface area contributed by atoms with Gasteiger partial charge in [0, 0.05) is 25.1 Å². The van der Waals surface area contributed by atoms with Crippen LogP contribution >= 0.6 is 0 Å². The smallest absolute Gasteiger partial charge is 0.303 e. The van der Waals surface area contributed by atoms with E-state index in [-0.39, 0.29) is 12.3 Å². The topological polar surface area (TPSA) is 57.6 Å². The lowest BCUT2D eigenvalue weighted by Crippen LogP contribution is -2.38. The molecule has 1 heterocycles. The SMILES string of the molecule is O=C(O)CCC1CCN(C(=O)c2ccccc2)CC1. The summed E-state index contributed by atoms with van der Waals surface area (Å²) in [4.78, 5) is 24.6. The first-order valence-corrected chi connectivity index (χ1v) is 6.73. The lowest BCUT2D eigenvalue weighted by Gasteiger charge is -2.31. The Balaban J connectivity index is 1.83. The van der Waals surface area contributed by atoms with Crippen molar-refractivity contribution in [1.29, 1.82) is 0 Å². The van der Waals surface area contributed by atoms with Crippen LogP contribution in [0, 0.1) is 5.92 Å². The Bertz CT molecular complexity index is 436. The Morgan fingerprint density at radius 3 is 2.37 bits per heavy atom. The number of amides is 1. The molecule has 0 saturated carbocycles. The minimum absolute atomic E-state index is 0.0808. The molecule has 1 saturated heterocycles. The second kappa shape index (κ2) is 6.36. The number of hydrogen-bond acceptors (Lipinski definition) is 2. The van der Waals surface area contributed by atoms with Gasteiger partial charge >= 0.3 is 5.97 Å². The molecular weight excluding hydrogens is 242 g/mol. The molecule has 0 radical (unpaired) electrons. The van der Waals surface area contributed by atoms with Gasteiger partial charge in [0.25, 0.3) is 5.91 Å². The molecule has 1 aromatic carbocycles. The van der Waals surface area contributed by atoms with Crippen LogP contribution in [-0.4, -0.2) is 35.0 Å². The van der Waals surface area contributed by atoms with Gasteiger partial charge in [0.15, 0.2) is 0 Å². The van der Waals surface area contributed by atoms with E-state index in [9.17, 15) is 9.59 Å². The molecule has 1 aliphatic rings. The summed E-state index contributed by atoms with van der Waals surface area (Å²) in [5.74, 6) is -0.212. The summed E-state index contributed by atoms with van der Waals surface area (Å²) in [6, 6.07) is 9.30. The van der Waals surface area contributed by atoms with Gasteiger partial charge in [0.1, 0.15) is 0 Å². The fourth-order valence-corrected chi connectivity index (χ4v) is 2.52. The van der Waals surface area contributed by atoms with Gasteiger partial charge < -0.3 is 10.0 Å². The van der Waals surface area contributed by atoms with Crippen LogP contribution in [0.5, 0.6) is 0 Å². The van der Waals surface area contributed by atoms with Crippen molar-refractivity contribution in [3.8, 4) is 0 Å². The molecule has 19 heavy (non-hydrogen) atoms. The maximum absolute atomic E-state index is 12.2. The van der Waals surface area contributed by atoms with Gasteiger partial charge in [-0.05, 0) is 37.3 Å². The molecule has 0 bridgehead atoms. The first-order chi connectivity index (χ1) is 9.16. The predicted molar refractivity (Wildman–Crippen MR) is 71.9 cm³/mol. The largest absolute Gasteiger partial charge is 0.481 e. The van der Waals surface area contributed by atoms with Crippen LogP contribution in [0.4, 0.5) is 0 Å². The van der Waals surface area contributed by atoms with Gasteiger partial charge in [-0.15, -0.1) is 0 Å². The van der Waals surface area contributed by atoms with Gasteiger partial charge in [-0.25, -0.2) is 0 Å². The molecule has 1 aromatic rings. The zero-order valence-corrected chi connectivity index (χ0v) is 10.9. The summed E-state index contributed by atoms with van der Waals surface area (Å²) < 4.78 is 0. The van der Waals surface area contributed by atoms with E-state index in [0.717, 1.165) is 37.9 Å². The Morgan fingerprint density at radius 2 is 1.79 bits per heavy atom. The lowest BCUT2D eigenvalue weighted by molar-refractivity contribution is -0.137. The van der Waals surface area contributed by atoms with Crippen molar-refractivity contribution in [3.63, 3.8) is 0 Å². The Labute approximate surface area is 113 Å². The van der Waals surface area contributed by atoms with Crippen LogP contribution in [0.25, 0.3) is 0 Å². The molecular formula is C15H19NO3. The highest BCUT2D eigenvalue weighted by molar-refractivity contribution is 5.94. The van der Waals surface area contributed by atoms with Crippen molar-refractivity contribution < 1.29 is 14.7 Å². The number of hydrogen-bond donors (Lipinski definition) is 1. The standard InChI is InChI=1S/C15H19NO3/c17-14(18)7-6-12-8-10-16(11-9-12)15(19)13-4-2-1-3-5-13/h1-5,12H,6-11H2,(H,17,18). The molecule has 0 aliphatic carbocycles. The highest BCUT2D eigenvalue weighted by Gasteiger charge is 2.23. The molecule has 1 N–H and O–H groups in total. The van der Waals surface area contributed by atoms with Gasteiger partial charge in [-0.1, -0.05) is 18.2 Å². The monoisotopic (exact) mass is 261 g/mol. The number of aliphatic carboxylic acids is 1. The van der Waals surface area contributed by atoms with E-state index < -0.39 is 5.97 Å². The second-order valence-corrected chi connectivity index (χ2v) is 5.03. The van der Waals surface area contributed by atoms with E-state index in [0.29, 0.717) is 5.92 Å². The third-order valence-electron chi connectivity index (χ3n) is 3.69. The lowest BCUT2D eigenvalue weighted by atomic mass is 9.92. The summed E-state index contributed by atoms with van der Waals surface area (Å²) in [6.45, 7) is 1.47. The minimum Gasteiger partial charge on any atom is -0.481 e. The zero-order valence-electron chi connectivity index (χ0n) is 10.9. The molecule has 4 heteroatoms. The Hall–Kier alpha value is -1.84. The number of carbonyl (C=O) groups is 2. The van der Waals surface area contributed by atoms with E-state index >= 15 is 0 Å². The van der Waals surface area contributed by atoms with Crippen molar-refractivity contribution in [2.45, 2.75) is 25.7 Å². The van der Waals surface area contributed by atoms with Gasteiger partial charge in [0.2, 0.25) is 0 Å². The summed E-state index contributed by atoms with van der Waals surface area (Å²) in [5.41, 5.74) is 0.728. The molecule has 0 unspecified atom stereocenters. The van der Waals surface area contributed by atoms with Crippen molar-refractivity contribution >= 4 is 11.9 Å². The van der Waals surface area contributed by atoms with Crippen LogP contribution in [-0.2, 0) is 4.79 Å². The first kappa shape index (κ1) is 13.6. The number of nitrogens with zero attached hydrogens (tertiary/aromatic N) is 1. The van der Waals surface area contributed by atoms with Crippen LogP contribution in [0.3, 0.4) is 0 Å². The van der Waals surface area contributed by atoms with Crippen LogP contribution in [0.2, 0.25) is 0 Å². The maximum Gasteiger partial charge on any atom is 0.303 e. The quantitative estimate of drug-likeness (QED) is 0.905. The number of rotatable bonds is 4. The van der Waals surface area contributed by atoms with Gasteiger partial charge in [0.05, 0.1) is 0 Å². The normalized spacial score (nSPS) is 16.3. The number of carboxylic acid groups (broad SMARTS) is 1. The number of carboxylic acids is 1. The Kier molecular flexibility index (Phi) is 4.55. The number of piperidine rings is 1. The summed E-state index contributed by atoms with van der Waals surface area (Å²) in [6.07, 6.45) is 2.78. The zero-order chi connectivity index (χ0) is 13.7. The van der Waals surface area contributed by atoms with Crippen LogP contribution < -0.4 is 0 Å². The van der Waals surface area contributed by atoms with Gasteiger partial charge in [-0.2, -0.15) is 0 Å². The molecule has 2 rings (SSSR count). The summed E-state index contributed by atoms with van der Waals surface area (Å²) in [7, 11) is 0. The molecule has 102 valence electrons. The van der Waals surface area contributed by atoms with Crippen LogP contribution in [0.1, 0.15) is 36.0 Å². The molecule has 1 amide bonds. The van der Waals surface area contributed by atoms with E-state index in [1.165, 1.54) is 0 Å². The number of likely N-dealkylation sites (tertiary alicyclic amines) is 1. The fraction of sp³-hybridized carbons (Fsp3) is 0.467. The highest BCUT2D eigenvalue weighted by Crippen LogP contribution is 2.23.